The summed E-state index contributed by atoms with van der Waals surface area (Å²) in [4.78, 5) is 11.2. The summed E-state index contributed by atoms with van der Waals surface area (Å²) in [6.07, 6.45) is -1.56. The van der Waals surface area contributed by atoms with Crippen LogP contribution < -0.4 is 0 Å². The number of carbonyl (C=O) groups excluding carboxylic acids is 1. The Morgan fingerprint density at radius 3 is 2.84 bits per heavy atom. The van der Waals surface area contributed by atoms with Crippen molar-refractivity contribution in [2.24, 2.45) is 0 Å². The molecule has 0 aromatic rings. The minimum absolute atomic E-state index is 0.270. The van der Waals surface area contributed by atoms with Crippen LogP contribution >= 0.6 is 0 Å². The van der Waals surface area contributed by atoms with Crippen molar-refractivity contribution in [3.8, 4) is 0 Å². The molecule has 5 atom stereocenters. The van der Waals surface area contributed by atoms with E-state index in [-0.39, 0.29) is 18.5 Å². The predicted molar refractivity (Wildman–Crippen MR) is 61.5 cm³/mol. The number of esters is 1. The molecule has 0 radical (unpaired) electrons. The SMILES string of the molecule is C=C(C)C(=O)OCOC1C2CC3C(O2)C1OS3(=O)=O. The molecule has 19 heavy (non-hydrogen) atoms. The van der Waals surface area contributed by atoms with Crippen molar-refractivity contribution in [2.45, 2.75) is 43.0 Å². The lowest BCUT2D eigenvalue weighted by molar-refractivity contribution is -0.162. The maximum atomic E-state index is 11.6. The molecule has 0 spiro atoms. The third kappa shape index (κ3) is 1.99. The number of hydrogen-bond donors (Lipinski definition) is 0. The Kier molecular flexibility index (Phi) is 2.93. The molecule has 3 fully saturated rings. The maximum absolute atomic E-state index is 11.6. The highest BCUT2D eigenvalue weighted by Crippen LogP contribution is 2.47. The monoisotopic (exact) mass is 290 g/mol. The minimum atomic E-state index is -3.55. The molecule has 0 N–H and O–H groups in total. The van der Waals surface area contributed by atoms with Gasteiger partial charge in [0.05, 0.1) is 6.10 Å². The number of rotatable bonds is 4. The molecule has 0 saturated carbocycles. The quantitative estimate of drug-likeness (QED) is 0.304. The Morgan fingerprint density at radius 1 is 1.42 bits per heavy atom. The van der Waals surface area contributed by atoms with Crippen molar-refractivity contribution in [1.82, 2.24) is 0 Å². The van der Waals surface area contributed by atoms with E-state index < -0.39 is 39.6 Å². The normalized spacial score (nSPS) is 41.4. The molecular formula is C11H14O7S. The van der Waals surface area contributed by atoms with Crippen LogP contribution in [0.2, 0.25) is 0 Å². The van der Waals surface area contributed by atoms with Gasteiger partial charge in [0.2, 0.25) is 0 Å². The second-order valence-corrected chi connectivity index (χ2v) is 6.71. The Morgan fingerprint density at radius 2 is 2.16 bits per heavy atom. The summed E-state index contributed by atoms with van der Waals surface area (Å²) in [5.41, 5.74) is 0.271. The van der Waals surface area contributed by atoms with Gasteiger partial charge in [-0.2, -0.15) is 8.42 Å². The number of fused-ring (bicyclic) bond motifs is 1. The van der Waals surface area contributed by atoms with Crippen LogP contribution in [-0.2, 0) is 33.3 Å². The maximum Gasteiger partial charge on any atom is 0.335 e. The zero-order chi connectivity index (χ0) is 13.8. The van der Waals surface area contributed by atoms with Crippen LogP contribution in [0.15, 0.2) is 12.2 Å². The number of carbonyl (C=O) groups is 1. The van der Waals surface area contributed by atoms with Crippen LogP contribution in [0.5, 0.6) is 0 Å². The largest absolute Gasteiger partial charge is 0.435 e. The van der Waals surface area contributed by atoms with Gasteiger partial charge in [0.25, 0.3) is 10.1 Å². The molecule has 106 valence electrons. The predicted octanol–water partition coefficient (Wildman–Crippen LogP) is -0.283. The Balaban J connectivity index is 1.60. The second-order valence-electron chi connectivity index (χ2n) is 4.93. The summed E-state index contributed by atoms with van der Waals surface area (Å²) in [5, 5.41) is -0.583. The van der Waals surface area contributed by atoms with Gasteiger partial charge in [-0.1, -0.05) is 6.58 Å². The summed E-state index contributed by atoms with van der Waals surface area (Å²) < 4.78 is 44.0. The average molecular weight is 290 g/mol. The minimum Gasteiger partial charge on any atom is -0.435 e. The van der Waals surface area contributed by atoms with Crippen LogP contribution in [-0.4, -0.2) is 50.8 Å². The third-order valence-electron chi connectivity index (χ3n) is 3.59. The smallest absolute Gasteiger partial charge is 0.335 e. The molecular weight excluding hydrogens is 276 g/mol. The molecule has 5 unspecified atom stereocenters. The van der Waals surface area contributed by atoms with Gasteiger partial charge in [-0.3, -0.25) is 4.18 Å². The second kappa shape index (κ2) is 4.27. The molecule has 0 aliphatic carbocycles. The summed E-state index contributed by atoms with van der Waals surface area (Å²) in [6, 6.07) is 0. The summed E-state index contributed by atoms with van der Waals surface area (Å²) >= 11 is 0. The molecule has 3 saturated heterocycles. The van der Waals surface area contributed by atoms with Gasteiger partial charge in [-0.15, -0.1) is 0 Å². The molecule has 0 aromatic heterocycles. The van der Waals surface area contributed by atoms with Crippen molar-refractivity contribution < 1.29 is 31.6 Å². The molecule has 2 bridgehead atoms. The van der Waals surface area contributed by atoms with Gasteiger partial charge in [0.1, 0.15) is 23.6 Å². The molecule has 0 aromatic carbocycles. The lowest BCUT2D eigenvalue weighted by atomic mass is 9.94. The van der Waals surface area contributed by atoms with E-state index in [0.29, 0.717) is 6.42 Å². The highest BCUT2D eigenvalue weighted by molar-refractivity contribution is 7.87. The number of hydrogen-bond acceptors (Lipinski definition) is 7. The standard InChI is InChI=1S/C11H14O7S/c1-5(2)11(12)16-4-15-8-6-3-7-9(17-6)10(8)18-19(7,13)14/h6-10H,1,3-4H2,2H3. The molecule has 7 nitrogen and oxygen atoms in total. The first-order valence-electron chi connectivity index (χ1n) is 5.92. The number of ether oxygens (including phenoxy) is 3. The summed E-state index contributed by atoms with van der Waals surface area (Å²) in [7, 11) is -3.55. The van der Waals surface area contributed by atoms with Crippen molar-refractivity contribution in [1.29, 1.82) is 0 Å². The van der Waals surface area contributed by atoms with E-state index in [1.54, 1.807) is 0 Å². The Bertz CT molecular complexity index is 525. The summed E-state index contributed by atoms with van der Waals surface area (Å²) in [5.74, 6) is -0.554. The lowest BCUT2D eigenvalue weighted by Crippen LogP contribution is -2.40. The molecule has 3 heterocycles. The highest BCUT2D eigenvalue weighted by atomic mass is 32.2. The van der Waals surface area contributed by atoms with E-state index in [0.717, 1.165) is 0 Å². The van der Waals surface area contributed by atoms with E-state index in [4.69, 9.17) is 18.4 Å². The van der Waals surface area contributed by atoms with Gasteiger partial charge in [-0.25, -0.2) is 4.79 Å². The first-order chi connectivity index (χ1) is 8.90. The lowest BCUT2D eigenvalue weighted by Gasteiger charge is -2.21. The van der Waals surface area contributed by atoms with Crippen molar-refractivity contribution in [3.63, 3.8) is 0 Å². The average Bonchev–Trinajstić information content (AvgIpc) is 2.91. The zero-order valence-corrected chi connectivity index (χ0v) is 11.1. The van der Waals surface area contributed by atoms with E-state index in [1.165, 1.54) is 6.92 Å². The van der Waals surface area contributed by atoms with Crippen LogP contribution in [0.3, 0.4) is 0 Å². The Hall–Kier alpha value is -0.960. The van der Waals surface area contributed by atoms with Crippen molar-refractivity contribution in [3.05, 3.63) is 12.2 Å². The zero-order valence-electron chi connectivity index (χ0n) is 10.3. The van der Waals surface area contributed by atoms with Crippen LogP contribution in [0.4, 0.5) is 0 Å². The van der Waals surface area contributed by atoms with Gasteiger partial charge >= 0.3 is 5.97 Å². The van der Waals surface area contributed by atoms with Crippen LogP contribution in [0.25, 0.3) is 0 Å². The van der Waals surface area contributed by atoms with E-state index in [9.17, 15) is 13.2 Å². The highest BCUT2D eigenvalue weighted by Gasteiger charge is 2.66. The third-order valence-corrected chi connectivity index (χ3v) is 5.28. The van der Waals surface area contributed by atoms with Gasteiger partial charge < -0.3 is 14.2 Å². The fraction of sp³-hybridized carbons (Fsp3) is 0.727. The van der Waals surface area contributed by atoms with E-state index in [1.807, 2.05) is 0 Å². The molecule has 3 aliphatic heterocycles. The first kappa shape index (κ1) is 13.0. The fourth-order valence-electron chi connectivity index (χ4n) is 2.72. The van der Waals surface area contributed by atoms with Crippen LogP contribution in [0.1, 0.15) is 13.3 Å². The van der Waals surface area contributed by atoms with Crippen molar-refractivity contribution in [2.75, 3.05) is 6.79 Å². The van der Waals surface area contributed by atoms with E-state index in [2.05, 4.69) is 6.58 Å². The van der Waals surface area contributed by atoms with Gasteiger partial charge in [0.15, 0.2) is 6.79 Å². The van der Waals surface area contributed by atoms with Gasteiger partial charge in [-0.05, 0) is 13.3 Å². The molecule has 3 aliphatic rings. The molecule has 0 amide bonds. The summed E-state index contributed by atoms with van der Waals surface area (Å²) in [6.45, 7) is 4.70. The fourth-order valence-corrected chi connectivity index (χ4v) is 4.36. The first-order valence-corrected chi connectivity index (χ1v) is 7.39. The Labute approximate surface area is 110 Å². The molecule has 8 heteroatoms. The van der Waals surface area contributed by atoms with Crippen molar-refractivity contribution >= 4 is 16.1 Å². The van der Waals surface area contributed by atoms with E-state index >= 15 is 0 Å². The topological polar surface area (TPSA) is 88.1 Å². The van der Waals surface area contributed by atoms with Gasteiger partial charge in [0, 0.05) is 5.57 Å². The van der Waals surface area contributed by atoms with Crippen LogP contribution in [0, 0.1) is 0 Å². The molecule has 3 rings (SSSR count).